The molecule has 0 N–H and O–H groups in total. The van der Waals surface area contributed by atoms with Crippen LogP contribution in [-0.4, -0.2) is 5.97 Å². The molecule has 36 heavy (non-hydrogen) atoms. The zero-order valence-electron chi connectivity index (χ0n) is 19.1. The summed E-state index contributed by atoms with van der Waals surface area (Å²) in [5, 5.41) is 0.322. The largest absolute Gasteiger partial charge is 0.460 e. The van der Waals surface area contributed by atoms with Gasteiger partial charge in [0, 0.05) is 6.07 Å². The number of hydrogen-bond donors (Lipinski definition) is 0. The predicted molar refractivity (Wildman–Crippen MR) is 142 cm³/mol. The summed E-state index contributed by atoms with van der Waals surface area (Å²) in [7, 11) is 0. The molecular weight excluding hydrogens is 520 g/mol. The van der Waals surface area contributed by atoms with Crippen LogP contribution in [0.2, 0.25) is 0 Å². The highest BCUT2D eigenvalue weighted by molar-refractivity contribution is 9.10. The van der Waals surface area contributed by atoms with E-state index in [0.29, 0.717) is 28.7 Å². The molecule has 0 amide bonds. The highest BCUT2D eigenvalue weighted by atomic mass is 79.9. The fourth-order valence-corrected chi connectivity index (χ4v) is 4.26. The first-order valence-corrected chi connectivity index (χ1v) is 12.2. The molecule has 0 aliphatic rings. The van der Waals surface area contributed by atoms with Gasteiger partial charge in [-0.2, -0.15) is 0 Å². The summed E-state index contributed by atoms with van der Waals surface area (Å²) in [6.07, 6.45) is 2.78. The number of para-hydroxylation sites is 1. The Kier molecular flexibility index (Phi) is 6.96. The van der Waals surface area contributed by atoms with Gasteiger partial charge in [-0.15, -0.1) is 0 Å². The highest BCUT2D eigenvalue weighted by Gasteiger charge is 2.16. The third-order valence-corrected chi connectivity index (χ3v) is 6.40. The second kappa shape index (κ2) is 10.6. The van der Waals surface area contributed by atoms with Gasteiger partial charge < -0.3 is 13.9 Å². The van der Waals surface area contributed by atoms with Gasteiger partial charge in [-0.1, -0.05) is 60.7 Å². The summed E-state index contributed by atoms with van der Waals surface area (Å²) < 4.78 is 17.7. The van der Waals surface area contributed by atoms with Gasteiger partial charge >= 0.3 is 5.97 Å². The van der Waals surface area contributed by atoms with Crippen molar-refractivity contribution in [2.75, 3.05) is 0 Å². The van der Waals surface area contributed by atoms with Gasteiger partial charge in [0.2, 0.25) is 11.2 Å². The summed E-state index contributed by atoms with van der Waals surface area (Å²) in [6, 6.07) is 29.4. The second-order valence-electron chi connectivity index (χ2n) is 8.15. The van der Waals surface area contributed by atoms with Crippen LogP contribution < -0.4 is 14.9 Å². The molecule has 0 saturated heterocycles. The van der Waals surface area contributed by atoms with E-state index in [0.717, 1.165) is 16.5 Å². The van der Waals surface area contributed by atoms with Gasteiger partial charge in [0.15, 0.2) is 0 Å². The molecule has 0 atom stereocenters. The third kappa shape index (κ3) is 5.24. The van der Waals surface area contributed by atoms with Crippen LogP contribution in [0, 0.1) is 0 Å². The summed E-state index contributed by atoms with van der Waals surface area (Å²) in [5.41, 5.74) is 2.59. The minimum atomic E-state index is -0.464. The first kappa shape index (κ1) is 23.6. The number of halogens is 1. The molecule has 1 aromatic heterocycles. The van der Waals surface area contributed by atoms with Crippen molar-refractivity contribution in [2.24, 2.45) is 0 Å². The Morgan fingerprint density at radius 1 is 0.806 bits per heavy atom. The minimum Gasteiger partial charge on any atom is -0.460 e. The van der Waals surface area contributed by atoms with Crippen LogP contribution in [0.5, 0.6) is 17.2 Å². The lowest BCUT2D eigenvalue weighted by molar-refractivity contribution is 0.0733. The van der Waals surface area contributed by atoms with Gasteiger partial charge in [-0.05, 0) is 70.2 Å². The molecular formula is C30H21BrO5. The summed E-state index contributed by atoms with van der Waals surface area (Å²) >= 11 is 3.40. The zero-order valence-corrected chi connectivity index (χ0v) is 20.7. The molecule has 6 heteroatoms. The number of carbonyl (C=O) groups excluding carboxylic acids is 1. The maximum absolute atomic E-state index is 13.0. The van der Waals surface area contributed by atoms with E-state index in [9.17, 15) is 9.59 Å². The Morgan fingerprint density at radius 3 is 2.39 bits per heavy atom. The van der Waals surface area contributed by atoms with Crippen LogP contribution in [-0.2, 0) is 12.8 Å². The zero-order chi connectivity index (χ0) is 24.9. The number of ether oxygens (including phenoxy) is 2. The van der Waals surface area contributed by atoms with Crippen molar-refractivity contribution in [1.29, 1.82) is 0 Å². The molecule has 178 valence electrons. The lowest BCUT2D eigenvalue weighted by Gasteiger charge is -2.10. The van der Waals surface area contributed by atoms with Crippen LogP contribution in [0.15, 0.2) is 117 Å². The number of hydrogen-bond acceptors (Lipinski definition) is 5. The van der Waals surface area contributed by atoms with Crippen molar-refractivity contribution in [3.63, 3.8) is 0 Å². The Balaban J connectivity index is 1.34. The van der Waals surface area contributed by atoms with Crippen molar-refractivity contribution in [3.05, 3.63) is 135 Å². The molecule has 0 spiro atoms. The van der Waals surface area contributed by atoms with E-state index < -0.39 is 5.97 Å². The molecule has 0 aliphatic carbocycles. The number of benzene rings is 4. The van der Waals surface area contributed by atoms with E-state index in [1.807, 2.05) is 54.6 Å². The lowest BCUT2D eigenvalue weighted by Crippen LogP contribution is -2.12. The molecule has 1 heterocycles. The van der Waals surface area contributed by atoms with Crippen LogP contribution in [0.1, 0.15) is 21.5 Å². The van der Waals surface area contributed by atoms with Gasteiger partial charge in [0.05, 0.1) is 15.4 Å². The Bertz CT molecular complexity index is 1590. The van der Waals surface area contributed by atoms with Crippen LogP contribution >= 0.6 is 15.9 Å². The molecule has 0 aliphatic heterocycles. The normalized spacial score (nSPS) is 10.8. The lowest BCUT2D eigenvalue weighted by atomic mass is 10.00. The molecule has 0 fully saturated rings. The maximum Gasteiger partial charge on any atom is 0.343 e. The van der Waals surface area contributed by atoms with E-state index in [2.05, 4.69) is 28.1 Å². The molecule has 0 saturated carbocycles. The average Bonchev–Trinajstić information content (AvgIpc) is 2.91. The smallest absolute Gasteiger partial charge is 0.343 e. The molecule has 5 rings (SSSR count). The molecule has 4 aromatic carbocycles. The minimum absolute atomic E-state index is 0.0616. The third-order valence-electron chi connectivity index (χ3n) is 5.74. The fourth-order valence-electron chi connectivity index (χ4n) is 3.89. The van der Waals surface area contributed by atoms with Crippen molar-refractivity contribution >= 4 is 32.9 Å². The van der Waals surface area contributed by atoms with Gasteiger partial charge in [0.1, 0.15) is 23.3 Å². The summed E-state index contributed by atoms with van der Waals surface area (Å²) in [4.78, 5) is 25.9. The number of rotatable bonds is 7. The average molecular weight is 541 g/mol. The van der Waals surface area contributed by atoms with Crippen molar-refractivity contribution in [2.45, 2.75) is 12.8 Å². The van der Waals surface area contributed by atoms with Crippen LogP contribution in [0.25, 0.3) is 11.0 Å². The molecule has 0 unspecified atom stereocenters. The first-order valence-electron chi connectivity index (χ1n) is 11.4. The fraction of sp³-hybridized carbons (Fsp3) is 0.0667. The topological polar surface area (TPSA) is 65.7 Å². The second-order valence-corrected chi connectivity index (χ2v) is 9.01. The van der Waals surface area contributed by atoms with Gasteiger partial charge in [0.25, 0.3) is 0 Å². The summed E-state index contributed by atoms with van der Waals surface area (Å²) in [5.74, 6) is 0.384. The first-order chi connectivity index (χ1) is 17.6. The van der Waals surface area contributed by atoms with Crippen LogP contribution in [0.4, 0.5) is 0 Å². The molecule has 5 aromatic rings. The van der Waals surface area contributed by atoms with Gasteiger partial charge in [-0.25, -0.2) is 4.79 Å². The SMILES string of the molecule is O=C(Oc1ccc2c(=O)c(Oc3ccccc3Br)coc2c1)c1ccccc1CCc1ccccc1. The van der Waals surface area contributed by atoms with E-state index >= 15 is 0 Å². The molecule has 0 bridgehead atoms. The maximum atomic E-state index is 13.0. The van der Waals surface area contributed by atoms with Gasteiger partial charge in [-0.3, -0.25) is 4.79 Å². The molecule has 0 radical (unpaired) electrons. The highest BCUT2D eigenvalue weighted by Crippen LogP contribution is 2.29. The van der Waals surface area contributed by atoms with Crippen molar-refractivity contribution < 1.29 is 18.7 Å². The van der Waals surface area contributed by atoms with E-state index in [-0.39, 0.29) is 16.9 Å². The summed E-state index contributed by atoms with van der Waals surface area (Å²) in [6.45, 7) is 0. The monoisotopic (exact) mass is 540 g/mol. The number of carbonyl (C=O) groups is 1. The number of aryl methyl sites for hydroxylation is 2. The van der Waals surface area contributed by atoms with Crippen molar-refractivity contribution in [3.8, 4) is 17.2 Å². The quantitative estimate of drug-likeness (QED) is 0.159. The molecule has 5 nitrogen and oxygen atoms in total. The van der Waals surface area contributed by atoms with E-state index in [1.54, 1.807) is 24.3 Å². The standard InChI is InChI=1S/C30H21BrO5/c31-25-12-6-7-13-26(25)36-28-19-34-27-18-22(16-17-24(27)29(28)32)35-30(33)23-11-5-4-10-21(23)15-14-20-8-2-1-3-9-20/h1-13,16-19H,14-15H2. The van der Waals surface area contributed by atoms with Crippen molar-refractivity contribution in [1.82, 2.24) is 0 Å². The predicted octanol–water partition coefficient (Wildman–Crippen LogP) is 7.35. The Labute approximate surface area is 216 Å². The number of esters is 1. The van der Waals surface area contributed by atoms with E-state index in [1.165, 1.54) is 17.9 Å². The van der Waals surface area contributed by atoms with Crippen LogP contribution in [0.3, 0.4) is 0 Å². The Hall–Kier alpha value is -4.16. The van der Waals surface area contributed by atoms with E-state index in [4.69, 9.17) is 13.9 Å². The number of fused-ring (bicyclic) bond motifs is 1. The Morgan fingerprint density at radius 2 is 1.56 bits per heavy atom.